The van der Waals surface area contributed by atoms with Gasteiger partial charge in [0.1, 0.15) is 5.75 Å². The van der Waals surface area contributed by atoms with Gasteiger partial charge in [-0.25, -0.2) is 9.97 Å². The number of rotatable bonds is 5. The number of aromatic nitrogens is 2. The number of carbonyl (C=O) groups is 1. The van der Waals surface area contributed by atoms with E-state index in [-0.39, 0.29) is 12.5 Å². The molecule has 0 spiro atoms. The molecule has 0 atom stereocenters. The van der Waals surface area contributed by atoms with Gasteiger partial charge in [-0.1, -0.05) is 24.1 Å². The van der Waals surface area contributed by atoms with Gasteiger partial charge in [0.2, 0.25) is 5.95 Å². The van der Waals surface area contributed by atoms with E-state index in [0.29, 0.717) is 13.1 Å². The second kappa shape index (κ2) is 9.45. The Hall–Kier alpha value is -2.67. The lowest BCUT2D eigenvalue weighted by Gasteiger charge is -2.43. The minimum absolute atomic E-state index is 0.0266. The molecule has 7 heteroatoms. The Morgan fingerprint density at radius 3 is 2.50 bits per heavy atom. The molecule has 3 heterocycles. The fraction of sp³-hybridized carbons (Fsp3) is 0.560. The highest BCUT2D eigenvalue weighted by Crippen LogP contribution is 2.26. The molecule has 5 rings (SSSR count). The molecule has 2 aromatic rings. The summed E-state index contributed by atoms with van der Waals surface area (Å²) in [7, 11) is 0. The zero-order chi connectivity index (χ0) is 21.9. The number of ether oxygens (including phenoxy) is 1. The van der Waals surface area contributed by atoms with Crippen LogP contribution in [0.5, 0.6) is 5.75 Å². The lowest BCUT2D eigenvalue weighted by molar-refractivity contribution is -0.133. The molecule has 170 valence electrons. The summed E-state index contributed by atoms with van der Waals surface area (Å²) in [4.78, 5) is 29.2. The third-order valence-corrected chi connectivity index (χ3v) is 7.14. The number of piperazine rings is 1. The number of nitrogens with zero attached hydrogens (tertiary/aromatic N) is 5. The third kappa shape index (κ3) is 4.72. The van der Waals surface area contributed by atoms with Crippen molar-refractivity contribution in [3.05, 3.63) is 47.3 Å². The standard InChI is InChI=1S/C25H33N5O2/c1-19-5-7-22(8-6-19)32-18-24(31)29-11-9-20-17-26-25(27-23(20)10-12-29)30-15-13-28(14-16-30)21-3-2-4-21/h5-8,17,21H,2-4,9-16,18H2,1H3. The van der Waals surface area contributed by atoms with Gasteiger partial charge in [0.25, 0.3) is 5.91 Å². The van der Waals surface area contributed by atoms with E-state index in [4.69, 9.17) is 9.72 Å². The summed E-state index contributed by atoms with van der Waals surface area (Å²) < 4.78 is 5.70. The molecule has 0 radical (unpaired) electrons. The van der Waals surface area contributed by atoms with Crippen LogP contribution in [0.15, 0.2) is 30.5 Å². The topological polar surface area (TPSA) is 61.8 Å². The van der Waals surface area contributed by atoms with Crippen LogP contribution < -0.4 is 9.64 Å². The number of hydrogen-bond acceptors (Lipinski definition) is 6. The van der Waals surface area contributed by atoms with Gasteiger partial charge in [-0.05, 0) is 43.9 Å². The average molecular weight is 436 g/mol. The summed E-state index contributed by atoms with van der Waals surface area (Å²) in [6.07, 6.45) is 7.65. The van der Waals surface area contributed by atoms with Crippen LogP contribution in [0.2, 0.25) is 0 Å². The van der Waals surface area contributed by atoms with Crippen molar-refractivity contribution in [3.8, 4) is 5.75 Å². The lowest BCUT2D eigenvalue weighted by Crippen LogP contribution is -2.52. The van der Waals surface area contributed by atoms with Gasteiger partial charge in [-0.3, -0.25) is 9.69 Å². The summed E-state index contributed by atoms with van der Waals surface area (Å²) in [5, 5.41) is 0. The Morgan fingerprint density at radius 1 is 1.03 bits per heavy atom. The van der Waals surface area contributed by atoms with Gasteiger partial charge < -0.3 is 14.5 Å². The number of amides is 1. The Morgan fingerprint density at radius 2 is 1.78 bits per heavy atom. The second-order valence-corrected chi connectivity index (χ2v) is 9.23. The van der Waals surface area contributed by atoms with E-state index in [9.17, 15) is 4.79 Å². The number of aryl methyl sites for hydroxylation is 1. The molecule has 1 aliphatic carbocycles. The van der Waals surface area contributed by atoms with Gasteiger partial charge in [0.05, 0.1) is 5.69 Å². The van der Waals surface area contributed by atoms with Crippen molar-refractivity contribution in [2.24, 2.45) is 0 Å². The van der Waals surface area contributed by atoms with Crippen LogP contribution in [-0.4, -0.2) is 77.6 Å². The molecule has 1 saturated carbocycles. The Labute approximate surface area is 190 Å². The van der Waals surface area contributed by atoms with Crippen LogP contribution in [0.1, 0.15) is 36.1 Å². The molecule has 2 fully saturated rings. The van der Waals surface area contributed by atoms with Crippen molar-refractivity contribution in [1.82, 2.24) is 19.8 Å². The molecule has 1 saturated heterocycles. The largest absolute Gasteiger partial charge is 0.484 e. The molecule has 1 amide bonds. The predicted molar refractivity (Wildman–Crippen MR) is 124 cm³/mol. The number of benzene rings is 1. The first-order valence-corrected chi connectivity index (χ1v) is 12.0. The fourth-order valence-corrected chi connectivity index (χ4v) is 4.78. The smallest absolute Gasteiger partial charge is 0.260 e. The highest BCUT2D eigenvalue weighted by atomic mass is 16.5. The normalized spacial score (nSPS) is 19.8. The van der Waals surface area contributed by atoms with Crippen molar-refractivity contribution < 1.29 is 9.53 Å². The van der Waals surface area contributed by atoms with Crippen LogP contribution in [0.4, 0.5) is 5.95 Å². The van der Waals surface area contributed by atoms with E-state index in [1.807, 2.05) is 42.3 Å². The first-order valence-electron chi connectivity index (χ1n) is 12.0. The quantitative estimate of drug-likeness (QED) is 0.719. The number of fused-ring (bicyclic) bond motifs is 1. The maximum atomic E-state index is 12.7. The van der Waals surface area contributed by atoms with E-state index in [0.717, 1.165) is 68.0 Å². The molecule has 1 aromatic heterocycles. The Bertz CT molecular complexity index is 936. The minimum atomic E-state index is 0.0266. The highest BCUT2D eigenvalue weighted by molar-refractivity contribution is 5.78. The summed E-state index contributed by atoms with van der Waals surface area (Å²) >= 11 is 0. The maximum absolute atomic E-state index is 12.7. The first kappa shape index (κ1) is 21.2. The average Bonchev–Trinajstić information content (AvgIpc) is 3.00. The molecular weight excluding hydrogens is 402 g/mol. The molecule has 2 aliphatic heterocycles. The van der Waals surface area contributed by atoms with Crippen LogP contribution >= 0.6 is 0 Å². The molecule has 0 bridgehead atoms. The zero-order valence-electron chi connectivity index (χ0n) is 19.0. The van der Waals surface area contributed by atoms with Crippen LogP contribution in [-0.2, 0) is 17.6 Å². The summed E-state index contributed by atoms with van der Waals surface area (Å²) in [5.74, 6) is 1.60. The van der Waals surface area contributed by atoms with Crippen molar-refractivity contribution >= 4 is 11.9 Å². The van der Waals surface area contributed by atoms with E-state index in [1.165, 1.54) is 24.8 Å². The molecule has 32 heavy (non-hydrogen) atoms. The fourth-order valence-electron chi connectivity index (χ4n) is 4.78. The van der Waals surface area contributed by atoms with Crippen molar-refractivity contribution in [2.75, 3.05) is 50.8 Å². The predicted octanol–water partition coefficient (Wildman–Crippen LogP) is 2.47. The second-order valence-electron chi connectivity index (χ2n) is 9.23. The van der Waals surface area contributed by atoms with Gasteiger partial charge in [-0.2, -0.15) is 0 Å². The summed E-state index contributed by atoms with van der Waals surface area (Å²) in [6, 6.07) is 8.61. The summed E-state index contributed by atoms with van der Waals surface area (Å²) in [6.45, 7) is 7.67. The van der Waals surface area contributed by atoms with Crippen LogP contribution in [0, 0.1) is 6.92 Å². The molecule has 1 aromatic carbocycles. The van der Waals surface area contributed by atoms with E-state index in [1.54, 1.807) is 0 Å². The van der Waals surface area contributed by atoms with Gasteiger partial charge in [-0.15, -0.1) is 0 Å². The molecule has 7 nitrogen and oxygen atoms in total. The SMILES string of the molecule is Cc1ccc(OCC(=O)N2CCc3cnc(N4CCN(C5CCC5)CC4)nc3CC2)cc1. The van der Waals surface area contributed by atoms with Crippen LogP contribution in [0.3, 0.4) is 0 Å². The van der Waals surface area contributed by atoms with Crippen molar-refractivity contribution in [3.63, 3.8) is 0 Å². The Kier molecular flexibility index (Phi) is 6.26. The zero-order valence-corrected chi connectivity index (χ0v) is 19.0. The number of hydrogen-bond donors (Lipinski definition) is 0. The first-order chi connectivity index (χ1) is 15.7. The third-order valence-electron chi connectivity index (χ3n) is 7.14. The van der Waals surface area contributed by atoms with Crippen molar-refractivity contribution in [1.29, 1.82) is 0 Å². The summed E-state index contributed by atoms with van der Waals surface area (Å²) in [5.41, 5.74) is 3.43. The highest BCUT2D eigenvalue weighted by Gasteiger charge is 2.29. The van der Waals surface area contributed by atoms with Gasteiger partial charge >= 0.3 is 0 Å². The van der Waals surface area contributed by atoms with Gasteiger partial charge in [0, 0.05) is 57.9 Å². The lowest BCUT2D eigenvalue weighted by atomic mass is 9.91. The number of carbonyl (C=O) groups excluding carboxylic acids is 1. The van der Waals surface area contributed by atoms with E-state index < -0.39 is 0 Å². The molecule has 3 aliphatic rings. The minimum Gasteiger partial charge on any atom is -0.484 e. The van der Waals surface area contributed by atoms with E-state index >= 15 is 0 Å². The monoisotopic (exact) mass is 435 g/mol. The number of anilines is 1. The molecular formula is C25H33N5O2. The molecule has 0 N–H and O–H groups in total. The Balaban J connectivity index is 1.15. The molecule has 0 unspecified atom stereocenters. The van der Waals surface area contributed by atoms with E-state index in [2.05, 4.69) is 14.8 Å². The van der Waals surface area contributed by atoms with Crippen molar-refractivity contribution in [2.45, 2.75) is 45.1 Å². The van der Waals surface area contributed by atoms with Crippen LogP contribution in [0.25, 0.3) is 0 Å². The van der Waals surface area contributed by atoms with Gasteiger partial charge in [0.15, 0.2) is 6.61 Å². The maximum Gasteiger partial charge on any atom is 0.260 e.